The van der Waals surface area contributed by atoms with Crippen LogP contribution in [0.15, 0.2) is 72.8 Å². The second-order valence-corrected chi connectivity index (χ2v) is 7.82. The molecule has 1 N–H and O–H groups in total. The lowest BCUT2D eigenvalue weighted by atomic mass is 10.1. The van der Waals surface area contributed by atoms with Crippen LogP contribution in [0.3, 0.4) is 0 Å². The summed E-state index contributed by atoms with van der Waals surface area (Å²) in [5.74, 6) is 0.973. The van der Waals surface area contributed by atoms with E-state index in [1.165, 1.54) is 5.52 Å². The van der Waals surface area contributed by atoms with E-state index in [-0.39, 0.29) is 5.91 Å². The topological polar surface area (TPSA) is 50.2 Å². The first-order valence-electron chi connectivity index (χ1n) is 10.7. The molecule has 4 aromatic rings. The average molecular weight is 413 g/mol. The number of imidazole rings is 1. The third-order valence-electron chi connectivity index (χ3n) is 5.56. The maximum absolute atomic E-state index is 12.9. The van der Waals surface area contributed by atoms with E-state index in [0.717, 1.165) is 47.7 Å². The summed E-state index contributed by atoms with van der Waals surface area (Å²) in [6.07, 6.45) is 1.61. The molecule has 31 heavy (non-hydrogen) atoms. The molecule has 4 rings (SSSR count). The Balaban J connectivity index is 1.53. The van der Waals surface area contributed by atoms with Gasteiger partial charge in [0.1, 0.15) is 5.82 Å². The molecule has 0 saturated carbocycles. The summed E-state index contributed by atoms with van der Waals surface area (Å²) in [6, 6.07) is 23.9. The molecule has 3 aromatic carbocycles. The van der Waals surface area contributed by atoms with Crippen molar-refractivity contribution in [2.45, 2.75) is 26.3 Å². The number of amides is 1. The molecule has 0 atom stereocenters. The number of nitrogens with zero attached hydrogens (tertiary/aromatic N) is 3. The number of benzene rings is 3. The Morgan fingerprint density at radius 1 is 0.968 bits per heavy atom. The van der Waals surface area contributed by atoms with Gasteiger partial charge in [-0.3, -0.25) is 4.79 Å². The number of nitrogens with one attached hydrogen (secondary N) is 1. The van der Waals surface area contributed by atoms with Crippen molar-refractivity contribution < 1.29 is 4.79 Å². The van der Waals surface area contributed by atoms with Crippen molar-refractivity contribution >= 4 is 28.3 Å². The molecule has 1 amide bonds. The Morgan fingerprint density at radius 2 is 1.74 bits per heavy atom. The molecule has 0 bridgehead atoms. The molecule has 0 aliphatic heterocycles. The summed E-state index contributed by atoms with van der Waals surface area (Å²) in [5, 5.41) is 3.10. The highest BCUT2D eigenvalue weighted by Gasteiger charge is 2.13. The van der Waals surface area contributed by atoms with Gasteiger partial charge in [-0.2, -0.15) is 0 Å². The zero-order chi connectivity index (χ0) is 21.8. The maximum atomic E-state index is 12.9. The molecule has 0 saturated heterocycles. The molecule has 0 radical (unpaired) electrons. The lowest BCUT2D eigenvalue weighted by molar-refractivity contribution is 0.102. The van der Waals surface area contributed by atoms with Crippen LogP contribution in [0, 0.1) is 0 Å². The van der Waals surface area contributed by atoms with Crippen LogP contribution in [0.2, 0.25) is 0 Å². The van der Waals surface area contributed by atoms with Gasteiger partial charge in [0, 0.05) is 44.0 Å². The molecule has 5 nitrogen and oxygen atoms in total. The number of fused-ring (bicyclic) bond motifs is 1. The van der Waals surface area contributed by atoms with Gasteiger partial charge in [-0.05, 0) is 55.3 Å². The van der Waals surface area contributed by atoms with Crippen molar-refractivity contribution in [3.05, 3.63) is 89.7 Å². The van der Waals surface area contributed by atoms with Crippen LogP contribution < -0.4 is 10.2 Å². The van der Waals surface area contributed by atoms with Crippen molar-refractivity contribution in [3.8, 4) is 0 Å². The summed E-state index contributed by atoms with van der Waals surface area (Å²) in [5.41, 5.74) is 5.80. The van der Waals surface area contributed by atoms with Crippen molar-refractivity contribution in [2.24, 2.45) is 0 Å². The Hall–Kier alpha value is -3.60. The van der Waals surface area contributed by atoms with Crippen molar-refractivity contribution in [1.29, 1.82) is 0 Å². The second kappa shape index (κ2) is 9.04. The van der Waals surface area contributed by atoms with Crippen molar-refractivity contribution in [2.75, 3.05) is 24.3 Å². The van der Waals surface area contributed by atoms with Crippen LogP contribution in [0.1, 0.15) is 28.7 Å². The van der Waals surface area contributed by atoms with E-state index < -0.39 is 0 Å². The number of anilines is 2. The SMILES string of the molecule is CCn1c(CCc2ccccc2NC(=O)c2cccc(N(C)C)c2)nc2ccccc21. The van der Waals surface area contributed by atoms with E-state index in [9.17, 15) is 4.79 Å². The highest BCUT2D eigenvalue weighted by molar-refractivity contribution is 6.05. The van der Waals surface area contributed by atoms with E-state index in [0.29, 0.717) is 5.56 Å². The van der Waals surface area contributed by atoms with E-state index in [1.54, 1.807) is 0 Å². The molecule has 0 fully saturated rings. The molecule has 158 valence electrons. The van der Waals surface area contributed by atoms with Crippen molar-refractivity contribution in [3.63, 3.8) is 0 Å². The first-order valence-corrected chi connectivity index (χ1v) is 10.7. The molecule has 0 unspecified atom stereocenters. The third-order valence-corrected chi connectivity index (χ3v) is 5.56. The molecule has 0 spiro atoms. The lowest BCUT2D eigenvalue weighted by Crippen LogP contribution is -2.15. The van der Waals surface area contributed by atoms with Gasteiger partial charge in [0.2, 0.25) is 0 Å². The quantitative estimate of drug-likeness (QED) is 0.456. The minimum Gasteiger partial charge on any atom is -0.378 e. The predicted molar refractivity (Wildman–Crippen MR) is 128 cm³/mol. The lowest BCUT2D eigenvalue weighted by Gasteiger charge is -2.15. The molecule has 1 heterocycles. The zero-order valence-electron chi connectivity index (χ0n) is 18.3. The standard InChI is InChI=1S/C26H28N4O/c1-4-30-24-15-8-7-14-23(24)27-25(30)17-16-19-10-5-6-13-22(19)28-26(31)20-11-9-12-21(18-20)29(2)3/h5-15,18H,4,16-17H2,1-3H3,(H,28,31). The fraction of sp³-hybridized carbons (Fsp3) is 0.231. The van der Waals surface area contributed by atoms with Crippen LogP contribution in [0.4, 0.5) is 11.4 Å². The number of hydrogen-bond donors (Lipinski definition) is 1. The summed E-state index contributed by atoms with van der Waals surface area (Å²) in [7, 11) is 3.94. The van der Waals surface area contributed by atoms with Crippen molar-refractivity contribution in [1.82, 2.24) is 9.55 Å². The van der Waals surface area contributed by atoms with Gasteiger partial charge in [0.05, 0.1) is 11.0 Å². The molecule has 0 aliphatic rings. The highest BCUT2D eigenvalue weighted by Crippen LogP contribution is 2.22. The molecule has 5 heteroatoms. The number of aryl methyl sites for hydroxylation is 3. The summed E-state index contributed by atoms with van der Waals surface area (Å²) >= 11 is 0. The van der Waals surface area contributed by atoms with Gasteiger partial charge in [0.15, 0.2) is 0 Å². The number of para-hydroxylation sites is 3. The zero-order valence-corrected chi connectivity index (χ0v) is 18.3. The molecular formula is C26H28N4O. The van der Waals surface area contributed by atoms with Crippen LogP contribution in [0.5, 0.6) is 0 Å². The molecular weight excluding hydrogens is 384 g/mol. The smallest absolute Gasteiger partial charge is 0.255 e. The Morgan fingerprint density at radius 3 is 2.55 bits per heavy atom. The van der Waals surface area contributed by atoms with Gasteiger partial charge in [0.25, 0.3) is 5.91 Å². The maximum Gasteiger partial charge on any atom is 0.255 e. The number of hydrogen-bond acceptors (Lipinski definition) is 3. The van der Waals surface area contributed by atoms with Gasteiger partial charge >= 0.3 is 0 Å². The summed E-state index contributed by atoms with van der Waals surface area (Å²) in [6.45, 7) is 3.03. The summed E-state index contributed by atoms with van der Waals surface area (Å²) < 4.78 is 2.27. The van der Waals surface area contributed by atoms with E-state index in [4.69, 9.17) is 4.98 Å². The number of aromatic nitrogens is 2. The predicted octanol–water partition coefficient (Wildman–Crippen LogP) is 5.16. The fourth-order valence-corrected chi connectivity index (χ4v) is 3.90. The van der Waals surface area contributed by atoms with Gasteiger partial charge in [-0.15, -0.1) is 0 Å². The molecule has 1 aromatic heterocycles. The van der Waals surface area contributed by atoms with Gasteiger partial charge in [-0.1, -0.05) is 36.4 Å². The van der Waals surface area contributed by atoms with Gasteiger partial charge < -0.3 is 14.8 Å². The van der Waals surface area contributed by atoms with Gasteiger partial charge in [-0.25, -0.2) is 4.98 Å². The Bertz CT molecular complexity index is 1210. The highest BCUT2D eigenvalue weighted by atomic mass is 16.1. The first kappa shape index (κ1) is 20.7. The van der Waals surface area contributed by atoms with Crippen LogP contribution in [-0.4, -0.2) is 29.6 Å². The first-order chi connectivity index (χ1) is 15.1. The second-order valence-electron chi connectivity index (χ2n) is 7.82. The van der Waals surface area contributed by atoms with E-state index >= 15 is 0 Å². The van der Waals surface area contributed by atoms with Crippen LogP contribution in [0.25, 0.3) is 11.0 Å². The summed E-state index contributed by atoms with van der Waals surface area (Å²) in [4.78, 5) is 19.7. The minimum absolute atomic E-state index is 0.100. The fourth-order valence-electron chi connectivity index (χ4n) is 3.90. The van der Waals surface area contributed by atoms with E-state index in [1.807, 2.05) is 67.5 Å². The normalized spacial score (nSPS) is 10.9. The van der Waals surface area contributed by atoms with Crippen LogP contribution in [-0.2, 0) is 19.4 Å². The van der Waals surface area contributed by atoms with Crippen LogP contribution >= 0.6 is 0 Å². The number of rotatable bonds is 7. The average Bonchev–Trinajstić information content (AvgIpc) is 3.16. The Labute approximate surface area is 183 Å². The number of carbonyl (C=O) groups is 1. The van der Waals surface area contributed by atoms with E-state index in [2.05, 4.69) is 41.1 Å². The molecule has 0 aliphatic carbocycles. The number of carbonyl (C=O) groups excluding carboxylic acids is 1. The monoisotopic (exact) mass is 412 g/mol. The minimum atomic E-state index is -0.100. The Kier molecular flexibility index (Phi) is 6.03. The third kappa shape index (κ3) is 4.45. The largest absolute Gasteiger partial charge is 0.378 e.